The van der Waals surface area contributed by atoms with Gasteiger partial charge >= 0.3 is 0 Å². The molecule has 1 saturated carbocycles. The van der Waals surface area contributed by atoms with Gasteiger partial charge in [0.2, 0.25) is 0 Å². The van der Waals surface area contributed by atoms with Gasteiger partial charge in [-0.05, 0) is 43.2 Å². The highest BCUT2D eigenvalue weighted by molar-refractivity contribution is 7.86. The fourth-order valence-corrected chi connectivity index (χ4v) is 6.27. The molecule has 0 unspecified atom stereocenters. The van der Waals surface area contributed by atoms with Crippen molar-refractivity contribution in [3.8, 4) is 0 Å². The SMILES string of the molecule is Nc1c2c(c(C3CCC(N)CC3)c(N)c1S(=O)(=O)O)C(=O)c1cccc(S(=O)(=O)O)c1C2=O. The van der Waals surface area contributed by atoms with E-state index in [1.54, 1.807) is 0 Å². The summed E-state index contributed by atoms with van der Waals surface area (Å²) in [4.78, 5) is 25.3. The molecule has 13 heteroatoms. The Morgan fingerprint density at radius 3 is 1.94 bits per heavy atom. The Morgan fingerprint density at radius 2 is 1.39 bits per heavy atom. The molecule has 0 heterocycles. The average molecular weight is 496 g/mol. The molecule has 0 saturated heterocycles. The number of rotatable bonds is 3. The normalized spacial score (nSPS) is 20.9. The molecule has 0 bridgehead atoms. The molecule has 1 fully saturated rings. The van der Waals surface area contributed by atoms with E-state index in [2.05, 4.69) is 0 Å². The maximum Gasteiger partial charge on any atom is 0.298 e. The lowest BCUT2D eigenvalue weighted by molar-refractivity contribution is 0.0975. The van der Waals surface area contributed by atoms with Gasteiger partial charge in [-0.2, -0.15) is 16.8 Å². The summed E-state index contributed by atoms with van der Waals surface area (Å²) in [5, 5.41) is 0. The van der Waals surface area contributed by atoms with Crippen molar-refractivity contribution in [2.24, 2.45) is 5.73 Å². The van der Waals surface area contributed by atoms with Crippen molar-refractivity contribution < 1.29 is 35.5 Å². The van der Waals surface area contributed by atoms with Crippen molar-refractivity contribution >= 4 is 43.2 Å². The van der Waals surface area contributed by atoms with Crippen LogP contribution in [0, 0.1) is 0 Å². The van der Waals surface area contributed by atoms with Crippen LogP contribution in [-0.2, 0) is 20.2 Å². The first-order valence-corrected chi connectivity index (χ1v) is 12.8. The van der Waals surface area contributed by atoms with Crippen LogP contribution in [0.25, 0.3) is 0 Å². The van der Waals surface area contributed by atoms with Crippen LogP contribution in [0.4, 0.5) is 11.4 Å². The number of carbonyl (C=O) groups is 2. The van der Waals surface area contributed by atoms with Crippen molar-refractivity contribution in [1.82, 2.24) is 0 Å². The number of benzene rings is 2. The van der Waals surface area contributed by atoms with Gasteiger partial charge in [-0.15, -0.1) is 0 Å². The van der Waals surface area contributed by atoms with Crippen molar-refractivity contribution in [3.63, 3.8) is 0 Å². The number of nitrogen functional groups attached to an aromatic ring is 2. The van der Waals surface area contributed by atoms with Crippen molar-refractivity contribution in [3.05, 3.63) is 46.0 Å². The quantitative estimate of drug-likeness (QED) is 0.256. The van der Waals surface area contributed by atoms with Gasteiger partial charge in [0.1, 0.15) is 9.79 Å². The second-order valence-electron chi connectivity index (χ2n) is 8.22. The van der Waals surface area contributed by atoms with Gasteiger partial charge in [0.15, 0.2) is 11.6 Å². The maximum atomic E-state index is 13.5. The predicted molar refractivity (Wildman–Crippen MR) is 117 cm³/mol. The van der Waals surface area contributed by atoms with E-state index in [0.29, 0.717) is 25.7 Å². The number of ketones is 2. The summed E-state index contributed by atoms with van der Waals surface area (Å²) in [6, 6.07) is 3.25. The monoisotopic (exact) mass is 495 g/mol. The summed E-state index contributed by atoms with van der Waals surface area (Å²) in [7, 11) is -9.95. The van der Waals surface area contributed by atoms with E-state index in [1.807, 2.05) is 0 Å². The van der Waals surface area contributed by atoms with Gasteiger partial charge in [-0.25, -0.2) is 0 Å². The molecule has 8 N–H and O–H groups in total. The van der Waals surface area contributed by atoms with Crippen molar-refractivity contribution in [1.29, 1.82) is 0 Å². The molecule has 2 aliphatic rings. The molecule has 11 nitrogen and oxygen atoms in total. The average Bonchev–Trinajstić information content (AvgIpc) is 2.70. The Bertz CT molecular complexity index is 1440. The number of fused-ring (bicyclic) bond motifs is 2. The molecule has 0 spiro atoms. The van der Waals surface area contributed by atoms with E-state index in [9.17, 15) is 35.5 Å². The number of anilines is 2. The minimum absolute atomic E-state index is 0.0555. The zero-order valence-electron chi connectivity index (χ0n) is 17.1. The second kappa shape index (κ2) is 7.60. The Labute approximate surface area is 189 Å². The van der Waals surface area contributed by atoms with Gasteiger partial charge in [-0.3, -0.25) is 18.7 Å². The van der Waals surface area contributed by atoms with Crippen LogP contribution in [0.5, 0.6) is 0 Å². The van der Waals surface area contributed by atoms with Gasteiger partial charge < -0.3 is 17.2 Å². The Kier molecular flexibility index (Phi) is 5.37. The van der Waals surface area contributed by atoms with E-state index >= 15 is 0 Å². The summed E-state index contributed by atoms with van der Waals surface area (Å²) in [6.45, 7) is 0. The highest BCUT2D eigenvalue weighted by Crippen LogP contribution is 2.47. The number of carbonyl (C=O) groups excluding carboxylic acids is 2. The lowest BCUT2D eigenvalue weighted by Crippen LogP contribution is -2.31. The molecule has 2 aliphatic carbocycles. The molecule has 2 aromatic carbocycles. The molecule has 0 radical (unpaired) electrons. The lowest BCUT2D eigenvalue weighted by Gasteiger charge is -2.32. The Hall–Kier alpha value is -2.84. The molecule has 176 valence electrons. The molecule has 0 aromatic heterocycles. The number of hydrogen-bond donors (Lipinski definition) is 5. The Morgan fingerprint density at radius 1 is 0.788 bits per heavy atom. The van der Waals surface area contributed by atoms with E-state index in [1.165, 1.54) is 12.1 Å². The summed E-state index contributed by atoms with van der Waals surface area (Å²) >= 11 is 0. The largest absolute Gasteiger partial charge is 0.397 e. The summed E-state index contributed by atoms with van der Waals surface area (Å²) < 4.78 is 67.4. The third-order valence-corrected chi connectivity index (χ3v) is 8.09. The highest BCUT2D eigenvalue weighted by Gasteiger charge is 2.42. The first-order chi connectivity index (χ1) is 15.2. The number of hydrogen-bond acceptors (Lipinski definition) is 9. The Balaban J connectivity index is 2.13. The molecule has 33 heavy (non-hydrogen) atoms. The third kappa shape index (κ3) is 3.61. The zero-order chi connectivity index (χ0) is 24.5. The van der Waals surface area contributed by atoms with Crippen LogP contribution in [0.15, 0.2) is 28.0 Å². The van der Waals surface area contributed by atoms with Gasteiger partial charge in [-0.1, -0.05) is 12.1 Å². The fourth-order valence-electron chi connectivity index (χ4n) is 4.80. The van der Waals surface area contributed by atoms with Crippen LogP contribution >= 0.6 is 0 Å². The highest BCUT2D eigenvalue weighted by atomic mass is 32.2. The summed E-state index contributed by atoms with van der Waals surface area (Å²) in [5.41, 5.74) is 15.2. The predicted octanol–water partition coefficient (Wildman–Crippen LogP) is 1.10. The van der Waals surface area contributed by atoms with E-state index in [0.717, 1.165) is 6.07 Å². The van der Waals surface area contributed by atoms with Crippen molar-refractivity contribution in [2.45, 2.75) is 47.4 Å². The third-order valence-electron chi connectivity index (χ3n) is 6.24. The minimum Gasteiger partial charge on any atom is -0.397 e. The zero-order valence-corrected chi connectivity index (χ0v) is 18.7. The molecule has 0 amide bonds. The second-order valence-corrected chi connectivity index (χ2v) is 11.0. The van der Waals surface area contributed by atoms with Crippen LogP contribution in [-0.4, -0.2) is 43.5 Å². The number of nitrogens with two attached hydrogens (primary N) is 3. The van der Waals surface area contributed by atoms with Crippen LogP contribution in [0.3, 0.4) is 0 Å². The van der Waals surface area contributed by atoms with Crippen LogP contribution in [0.1, 0.15) is 69.0 Å². The van der Waals surface area contributed by atoms with Crippen LogP contribution in [0.2, 0.25) is 0 Å². The fraction of sp³-hybridized carbons (Fsp3) is 0.300. The molecule has 4 rings (SSSR count). The van der Waals surface area contributed by atoms with E-state index in [-0.39, 0.29) is 22.7 Å². The van der Waals surface area contributed by atoms with Crippen LogP contribution < -0.4 is 17.2 Å². The molecule has 0 atom stereocenters. The smallest absolute Gasteiger partial charge is 0.298 e. The van der Waals surface area contributed by atoms with Gasteiger partial charge in [0.05, 0.1) is 22.5 Å². The lowest BCUT2D eigenvalue weighted by atomic mass is 9.73. The molecular formula is C20H21N3O8S2. The molecule has 0 aliphatic heterocycles. The standard InChI is InChI=1S/C20H21N3O8S2/c21-9-6-4-8(5-7-9)12-14-15(17(23)20(16(12)22)33(29,30)31)19(25)13-10(18(14)24)2-1-3-11(13)32(26,27)28/h1-3,8-9H,4-7,21-23H2,(H,26,27,28)(H,29,30,31). The van der Waals surface area contributed by atoms with Gasteiger partial charge in [0.25, 0.3) is 20.2 Å². The van der Waals surface area contributed by atoms with E-state index < -0.39 is 70.0 Å². The summed E-state index contributed by atoms with van der Waals surface area (Å²) in [5.74, 6) is -2.33. The summed E-state index contributed by atoms with van der Waals surface area (Å²) in [6.07, 6.45) is 1.98. The molecular weight excluding hydrogens is 474 g/mol. The van der Waals surface area contributed by atoms with Crippen molar-refractivity contribution in [2.75, 3.05) is 11.5 Å². The van der Waals surface area contributed by atoms with Gasteiger partial charge in [0, 0.05) is 17.2 Å². The van der Waals surface area contributed by atoms with E-state index in [4.69, 9.17) is 17.2 Å². The minimum atomic E-state index is -5.03. The first-order valence-electron chi connectivity index (χ1n) is 9.92. The maximum absolute atomic E-state index is 13.5. The molecule has 2 aromatic rings. The first kappa shape index (κ1) is 23.3. The topological polar surface area (TPSA) is 221 Å².